The van der Waals surface area contributed by atoms with Gasteiger partial charge in [-0.25, -0.2) is 9.78 Å². The van der Waals surface area contributed by atoms with Crippen LogP contribution in [0.2, 0.25) is 0 Å². The van der Waals surface area contributed by atoms with Crippen molar-refractivity contribution in [3.05, 3.63) is 25.6 Å². The van der Waals surface area contributed by atoms with Gasteiger partial charge in [0.1, 0.15) is 0 Å². The second kappa shape index (κ2) is 3.58. The molecule has 0 spiro atoms. The fourth-order valence-corrected chi connectivity index (χ4v) is 2.40. The molecule has 6 nitrogen and oxygen atoms in total. The highest BCUT2D eigenvalue weighted by molar-refractivity contribution is 9.10. The number of nitrogens with zero attached hydrogens (tertiary/aromatic N) is 3. The van der Waals surface area contributed by atoms with Gasteiger partial charge in [0, 0.05) is 13.1 Å². The highest BCUT2D eigenvalue weighted by Crippen LogP contribution is 2.20. The zero-order valence-electron chi connectivity index (χ0n) is 9.11. The molecule has 0 saturated heterocycles. The minimum absolute atomic E-state index is 0.0815. The number of nitrogens with one attached hydrogen (secondary N) is 1. The largest absolute Gasteiger partial charge is 0.329 e. The second-order valence-corrected chi connectivity index (χ2v) is 4.54. The minimum atomic E-state index is -0.460. The SMILES string of the molecule is CC(C)n1c(Br)nc2c1c(=O)[nH]c(=O)n2C. The van der Waals surface area contributed by atoms with Crippen LogP contribution in [0.4, 0.5) is 0 Å². The average molecular weight is 287 g/mol. The van der Waals surface area contributed by atoms with Gasteiger partial charge in [-0.1, -0.05) is 0 Å². The Kier molecular flexibility index (Phi) is 2.49. The molecule has 2 heterocycles. The van der Waals surface area contributed by atoms with E-state index in [0.717, 1.165) is 0 Å². The molecule has 0 atom stereocenters. The Bertz CT molecular complexity index is 664. The van der Waals surface area contributed by atoms with E-state index in [1.807, 2.05) is 13.8 Å². The highest BCUT2D eigenvalue weighted by atomic mass is 79.9. The lowest BCUT2D eigenvalue weighted by Crippen LogP contribution is -2.29. The molecule has 0 aliphatic carbocycles. The van der Waals surface area contributed by atoms with Crippen molar-refractivity contribution in [3.63, 3.8) is 0 Å². The predicted octanol–water partition coefficient (Wildman–Crippen LogP) is 0.767. The second-order valence-electron chi connectivity index (χ2n) is 3.84. The molecule has 1 N–H and O–H groups in total. The number of halogens is 1. The summed E-state index contributed by atoms with van der Waals surface area (Å²) in [5.41, 5.74) is -0.0818. The first kappa shape index (κ1) is 11.1. The van der Waals surface area contributed by atoms with Crippen molar-refractivity contribution in [2.45, 2.75) is 19.9 Å². The minimum Gasteiger partial charge on any atom is -0.310 e. The molecule has 0 unspecified atom stereocenters. The Morgan fingerprint density at radius 1 is 1.38 bits per heavy atom. The van der Waals surface area contributed by atoms with Crippen LogP contribution in [-0.2, 0) is 7.05 Å². The molecule has 0 aromatic carbocycles. The van der Waals surface area contributed by atoms with Crippen LogP contribution in [-0.4, -0.2) is 19.1 Å². The quantitative estimate of drug-likeness (QED) is 0.787. The van der Waals surface area contributed by atoms with Gasteiger partial charge in [-0.15, -0.1) is 0 Å². The van der Waals surface area contributed by atoms with E-state index in [9.17, 15) is 9.59 Å². The topological polar surface area (TPSA) is 72.7 Å². The molecule has 86 valence electrons. The summed E-state index contributed by atoms with van der Waals surface area (Å²) >= 11 is 3.29. The van der Waals surface area contributed by atoms with Crippen molar-refractivity contribution in [1.82, 2.24) is 19.1 Å². The number of rotatable bonds is 1. The number of aryl methyl sites for hydroxylation is 1. The predicted molar refractivity (Wildman–Crippen MR) is 63.7 cm³/mol. The number of hydrogen-bond donors (Lipinski definition) is 1. The monoisotopic (exact) mass is 286 g/mol. The fourth-order valence-electron chi connectivity index (χ4n) is 1.65. The van der Waals surface area contributed by atoms with Gasteiger partial charge < -0.3 is 4.57 Å². The van der Waals surface area contributed by atoms with Crippen LogP contribution in [0, 0.1) is 0 Å². The van der Waals surface area contributed by atoms with Crippen LogP contribution in [0.1, 0.15) is 19.9 Å². The molecule has 16 heavy (non-hydrogen) atoms. The molecule has 0 bridgehead atoms. The molecule has 0 saturated carbocycles. The molecule has 7 heteroatoms. The fraction of sp³-hybridized carbons (Fsp3) is 0.444. The number of imidazole rings is 1. The van der Waals surface area contributed by atoms with E-state index in [4.69, 9.17) is 0 Å². The normalized spacial score (nSPS) is 11.6. The Balaban J connectivity index is 3.07. The Morgan fingerprint density at radius 2 is 2.00 bits per heavy atom. The van der Waals surface area contributed by atoms with Gasteiger partial charge in [0.25, 0.3) is 5.56 Å². The van der Waals surface area contributed by atoms with Crippen molar-refractivity contribution >= 4 is 27.1 Å². The molecule has 0 amide bonds. The lowest BCUT2D eigenvalue weighted by molar-refractivity contribution is 0.602. The third-order valence-corrected chi connectivity index (χ3v) is 2.98. The summed E-state index contributed by atoms with van der Waals surface area (Å²) in [4.78, 5) is 29.6. The number of aromatic nitrogens is 4. The molecule has 2 aromatic rings. The van der Waals surface area contributed by atoms with Gasteiger partial charge in [-0.3, -0.25) is 14.3 Å². The average Bonchev–Trinajstić information content (AvgIpc) is 2.52. The maximum atomic E-state index is 11.7. The Hall–Kier alpha value is -1.37. The van der Waals surface area contributed by atoms with Gasteiger partial charge in [0.05, 0.1) is 0 Å². The van der Waals surface area contributed by atoms with E-state index in [1.54, 1.807) is 11.6 Å². The number of aromatic amines is 1. The van der Waals surface area contributed by atoms with Gasteiger partial charge in [0.2, 0.25) is 0 Å². The van der Waals surface area contributed by atoms with Crippen LogP contribution in [0.5, 0.6) is 0 Å². The van der Waals surface area contributed by atoms with E-state index in [0.29, 0.717) is 15.9 Å². The molecule has 0 fully saturated rings. The zero-order valence-corrected chi connectivity index (χ0v) is 10.7. The van der Waals surface area contributed by atoms with E-state index >= 15 is 0 Å². The standard InChI is InChI=1S/C9H11BrN4O2/c1-4(2)14-5-6(11-8(14)10)13(3)9(16)12-7(5)15/h4H,1-3H3,(H,12,15,16). The highest BCUT2D eigenvalue weighted by Gasteiger charge is 2.17. The van der Waals surface area contributed by atoms with Crippen molar-refractivity contribution in [2.24, 2.45) is 7.05 Å². The molecule has 0 aliphatic rings. The van der Waals surface area contributed by atoms with Crippen molar-refractivity contribution in [2.75, 3.05) is 0 Å². The van der Waals surface area contributed by atoms with Gasteiger partial charge in [-0.05, 0) is 29.8 Å². The smallest absolute Gasteiger partial charge is 0.310 e. The summed E-state index contributed by atoms with van der Waals surface area (Å²) in [6.45, 7) is 3.88. The number of hydrogen-bond acceptors (Lipinski definition) is 3. The lowest BCUT2D eigenvalue weighted by atomic mass is 10.4. The first-order valence-electron chi connectivity index (χ1n) is 4.80. The van der Waals surface area contributed by atoms with Crippen molar-refractivity contribution in [1.29, 1.82) is 0 Å². The van der Waals surface area contributed by atoms with Crippen molar-refractivity contribution in [3.8, 4) is 0 Å². The third kappa shape index (κ3) is 1.42. The van der Waals surface area contributed by atoms with Crippen LogP contribution < -0.4 is 11.2 Å². The van der Waals surface area contributed by atoms with Gasteiger partial charge in [0.15, 0.2) is 15.9 Å². The maximum absolute atomic E-state index is 11.7. The van der Waals surface area contributed by atoms with Crippen LogP contribution in [0.15, 0.2) is 14.3 Å². The van der Waals surface area contributed by atoms with Crippen LogP contribution in [0.3, 0.4) is 0 Å². The lowest BCUT2D eigenvalue weighted by Gasteiger charge is -2.08. The summed E-state index contributed by atoms with van der Waals surface area (Å²) < 4.78 is 3.61. The molecule has 0 aliphatic heterocycles. The molecule has 0 radical (unpaired) electrons. The first-order valence-corrected chi connectivity index (χ1v) is 5.59. The summed E-state index contributed by atoms with van der Waals surface area (Å²) in [6, 6.07) is 0.0815. The maximum Gasteiger partial charge on any atom is 0.329 e. The summed E-state index contributed by atoms with van der Waals surface area (Å²) in [6.07, 6.45) is 0. The van der Waals surface area contributed by atoms with Crippen molar-refractivity contribution < 1.29 is 0 Å². The number of fused-ring (bicyclic) bond motifs is 1. The summed E-state index contributed by atoms with van der Waals surface area (Å²) in [5, 5.41) is 0. The molecular weight excluding hydrogens is 276 g/mol. The molecule has 2 rings (SSSR count). The van der Waals surface area contributed by atoms with Gasteiger partial charge in [-0.2, -0.15) is 0 Å². The summed E-state index contributed by atoms with van der Waals surface area (Å²) in [5.74, 6) is 0. The van der Waals surface area contributed by atoms with Gasteiger partial charge >= 0.3 is 5.69 Å². The van der Waals surface area contributed by atoms with E-state index in [1.165, 1.54) is 4.57 Å². The zero-order chi connectivity index (χ0) is 12.0. The Labute approximate surface area is 99.1 Å². The Morgan fingerprint density at radius 3 is 2.56 bits per heavy atom. The summed E-state index contributed by atoms with van der Waals surface area (Å²) in [7, 11) is 1.57. The number of H-pyrrole nitrogens is 1. The van der Waals surface area contributed by atoms with Crippen LogP contribution in [0.25, 0.3) is 11.2 Å². The van der Waals surface area contributed by atoms with Crippen LogP contribution >= 0.6 is 15.9 Å². The van der Waals surface area contributed by atoms with E-state index in [-0.39, 0.29) is 6.04 Å². The third-order valence-electron chi connectivity index (χ3n) is 2.42. The first-order chi connectivity index (χ1) is 7.43. The van der Waals surface area contributed by atoms with E-state index < -0.39 is 11.2 Å². The van der Waals surface area contributed by atoms with E-state index in [2.05, 4.69) is 25.9 Å². The molecule has 2 aromatic heterocycles. The molecular formula is C9H11BrN4O2.